The molecule has 7 nitrogen and oxygen atoms in total. The molecule has 3 unspecified atom stereocenters. The van der Waals surface area contributed by atoms with Crippen LogP contribution in [0.5, 0.6) is 0 Å². The van der Waals surface area contributed by atoms with Gasteiger partial charge in [0, 0.05) is 21.5 Å². The predicted octanol–water partition coefficient (Wildman–Crippen LogP) is 11.0. The van der Waals surface area contributed by atoms with Crippen molar-refractivity contribution >= 4 is 5.97 Å². The second kappa shape index (κ2) is 16.0. The van der Waals surface area contributed by atoms with E-state index in [0.29, 0.717) is 68.9 Å². The lowest BCUT2D eigenvalue weighted by Gasteiger charge is -2.58. The van der Waals surface area contributed by atoms with E-state index in [1.54, 1.807) is 5.57 Å². The van der Waals surface area contributed by atoms with E-state index in [-0.39, 0.29) is 21.1 Å². The van der Waals surface area contributed by atoms with Gasteiger partial charge in [-0.15, -0.1) is 0 Å². The Bertz CT molecular complexity index is 1200. The third kappa shape index (κ3) is 9.46. The minimum absolute atomic E-state index is 0. The lowest BCUT2D eigenvalue weighted by molar-refractivity contribution is -0.290. The molecule has 4 aliphatic carbocycles. The maximum Gasteiger partial charge on any atom is 0.305 e. The first-order valence-corrected chi connectivity index (χ1v) is 20.9. The molecular formula is C44H82O7. The third-order valence-electron chi connectivity index (χ3n) is 14.2. The van der Waals surface area contributed by atoms with Crippen LogP contribution in [-0.4, -0.2) is 63.3 Å². The maximum atomic E-state index is 12.7. The summed E-state index contributed by atoms with van der Waals surface area (Å²) in [5.41, 5.74) is 2.07. The zero-order valence-corrected chi connectivity index (χ0v) is 34.6. The summed E-state index contributed by atoms with van der Waals surface area (Å²) in [4.78, 5) is 12.7. The quantitative estimate of drug-likeness (QED) is 0.164. The Balaban J connectivity index is 0.00000163. The van der Waals surface area contributed by atoms with Crippen molar-refractivity contribution in [2.75, 3.05) is 39.6 Å². The zero-order valence-electron chi connectivity index (χ0n) is 34.6. The van der Waals surface area contributed by atoms with Gasteiger partial charge in [0.15, 0.2) is 11.6 Å². The van der Waals surface area contributed by atoms with Gasteiger partial charge >= 0.3 is 5.97 Å². The lowest BCUT2D eigenvalue weighted by Crippen LogP contribution is -2.51. The van der Waals surface area contributed by atoms with E-state index in [0.717, 1.165) is 49.4 Å². The number of rotatable bonds is 10. The van der Waals surface area contributed by atoms with Crippen molar-refractivity contribution in [2.24, 2.45) is 51.2 Å². The molecule has 2 saturated heterocycles. The second-order valence-electron chi connectivity index (χ2n) is 20.0. The van der Waals surface area contributed by atoms with Gasteiger partial charge in [-0.3, -0.25) is 4.79 Å². The maximum absolute atomic E-state index is 12.7. The summed E-state index contributed by atoms with van der Waals surface area (Å²) in [5, 5.41) is 0. The van der Waals surface area contributed by atoms with Gasteiger partial charge in [0.1, 0.15) is 6.61 Å². The molecule has 3 saturated carbocycles. The van der Waals surface area contributed by atoms with E-state index in [9.17, 15) is 4.79 Å². The van der Waals surface area contributed by atoms with Crippen molar-refractivity contribution in [1.29, 1.82) is 0 Å². The molecule has 6 rings (SSSR count). The molecule has 5 fully saturated rings. The van der Waals surface area contributed by atoms with Crippen LogP contribution < -0.4 is 0 Å². The standard InChI is InChI=1S/C41H68O7.C3H8.3H2/c1-28(11-10-12-35(42)44-23-39(7)26-47-37(4,5)48-27-39)32-15-16-33-31-14-13-29-21-30(43-22-38(6)24-45-36(2,3)46-25-38)17-19-40(29,8)34(31)18-20-41(32,33)9;1-3-2;;;/h13,28,30-34H,10-12,14-27H2,1-9H3;3H2,1-2H3;3*1H/t28-,30+,31+,32?,33?,34?,40+,41-;;;;/m1..../s1. The number of hydrogen-bond donors (Lipinski definition) is 0. The molecule has 7 heteroatoms. The number of carbonyl (C=O) groups is 1. The smallest absolute Gasteiger partial charge is 0.305 e. The number of ether oxygens (including phenoxy) is 6. The monoisotopic (exact) mass is 723 g/mol. The molecule has 0 aromatic heterocycles. The summed E-state index contributed by atoms with van der Waals surface area (Å²) in [6.45, 7) is 27.6. The average Bonchev–Trinajstić information content (AvgIpc) is 3.44. The Morgan fingerprint density at radius 3 is 2.02 bits per heavy atom. The summed E-state index contributed by atoms with van der Waals surface area (Å²) in [7, 11) is 0. The molecule has 0 radical (unpaired) electrons. The first-order valence-electron chi connectivity index (χ1n) is 20.9. The van der Waals surface area contributed by atoms with Crippen molar-refractivity contribution < 1.29 is 37.5 Å². The normalized spacial score (nSPS) is 38.1. The Labute approximate surface area is 316 Å². The van der Waals surface area contributed by atoms with E-state index in [2.05, 4.69) is 54.5 Å². The minimum atomic E-state index is -0.559. The molecular weight excluding hydrogens is 640 g/mol. The Kier molecular flexibility index (Phi) is 12.9. The van der Waals surface area contributed by atoms with Gasteiger partial charge in [-0.2, -0.15) is 0 Å². The Hall–Kier alpha value is -0.990. The predicted molar refractivity (Wildman–Crippen MR) is 209 cm³/mol. The van der Waals surface area contributed by atoms with Crippen molar-refractivity contribution in [3.63, 3.8) is 0 Å². The van der Waals surface area contributed by atoms with Crippen molar-refractivity contribution in [1.82, 2.24) is 0 Å². The fourth-order valence-electron chi connectivity index (χ4n) is 10.9. The minimum Gasteiger partial charge on any atom is -0.465 e. The zero-order chi connectivity index (χ0) is 37.3. The first kappa shape index (κ1) is 41.2. The van der Waals surface area contributed by atoms with Gasteiger partial charge in [-0.05, 0) is 132 Å². The van der Waals surface area contributed by atoms with Crippen LogP contribution in [0.25, 0.3) is 0 Å². The Morgan fingerprint density at radius 1 is 0.824 bits per heavy atom. The second-order valence-corrected chi connectivity index (χ2v) is 20.0. The highest BCUT2D eigenvalue weighted by Gasteiger charge is 2.59. The van der Waals surface area contributed by atoms with Crippen LogP contribution in [0.15, 0.2) is 11.6 Å². The molecule has 2 heterocycles. The molecule has 0 amide bonds. The largest absolute Gasteiger partial charge is 0.465 e. The summed E-state index contributed by atoms with van der Waals surface area (Å²) in [6.07, 6.45) is 16.9. The first-order chi connectivity index (χ1) is 23.9. The van der Waals surface area contributed by atoms with Crippen LogP contribution in [0.3, 0.4) is 0 Å². The molecule has 8 atom stereocenters. The molecule has 0 bridgehead atoms. The molecule has 0 spiro atoms. The van der Waals surface area contributed by atoms with Gasteiger partial charge in [-0.25, -0.2) is 0 Å². The average molecular weight is 723 g/mol. The number of esters is 1. The van der Waals surface area contributed by atoms with Crippen molar-refractivity contribution in [3.05, 3.63) is 11.6 Å². The number of fused-ring (bicyclic) bond motifs is 5. The molecule has 0 aromatic rings. The SMILES string of the molecule is CCC.C[C@H](CCCC(=O)OCC1(C)COC(C)(C)OC1)C1CCC2[C@@H]3CC=C4C[C@@H](OCC5(C)COC(C)(C)OC5)CC[C@]4(C)C3CC[C@@]21C.[HH].[HH].[HH]. The number of carbonyl (C=O) groups excluding carboxylic acids is 1. The van der Waals surface area contributed by atoms with Crippen molar-refractivity contribution in [2.45, 2.75) is 171 Å². The molecule has 300 valence electrons. The van der Waals surface area contributed by atoms with Crippen LogP contribution >= 0.6 is 0 Å². The van der Waals surface area contributed by atoms with E-state index in [1.807, 2.05) is 27.7 Å². The summed E-state index contributed by atoms with van der Waals surface area (Å²) in [5.74, 6) is 2.67. The molecule has 2 aliphatic heterocycles. The van der Waals surface area contributed by atoms with Gasteiger partial charge in [0.2, 0.25) is 0 Å². The van der Waals surface area contributed by atoms with Crippen LogP contribution in [0.2, 0.25) is 0 Å². The van der Waals surface area contributed by atoms with Crippen LogP contribution in [0.4, 0.5) is 0 Å². The highest BCUT2D eigenvalue weighted by atomic mass is 16.7. The molecule has 6 aliphatic rings. The van der Waals surface area contributed by atoms with Crippen LogP contribution in [-0.2, 0) is 33.2 Å². The topological polar surface area (TPSA) is 72.5 Å². The lowest BCUT2D eigenvalue weighted by atomic mass is 9.47. The third-order valence-corrected chi connectivity index (χ3v) is 14.2. The summed E-state index contributed by atoms with van der Waals surface area (Å²) < 4.78 is 35.9. The summed E-state index contributed by atoms with van der Waals surface area (Å²) >= 11 is 0. The molecule has 51 heavy (non-hydrogen) atoms. The van der Waals surface area contributed by atoms with E-state index in [4.69, 9.17) is 28.4 Å². The van der Waals surface area contributed by atoms with Crippen LogP contribution in [0, 0.1) is 51.2 Å². The van der Waals surface area contributed by atoms with Gasteiger partial charge in [0.05, 0.1) is 39.1 Å². The number of hydrogen-bond acceptors (Lipinski definition) is 7. The van der Waals surface area contributed by atoms with Gasteiger partial charge in [0.25, 0.3) is 0 Å². The Morgan fingerprint density at radius 2 is 1.41 bits per heavy atom. The van der Waals surface area contributed by atoms with Gasteiger partial charge < -0.3 is 28.4 Å². The fourth-order valence-corrected chi connectivity index (χ4v) is 10.9. The summed E-state index contributed by atoms with van der Waals surface area (Å²) in [6, 6.07) is 0. The fraction of sp³-hybridized carbons (Fsp3) is 0.932. The van der Waals surface area contributed by atoms with Crippen molar-refractivity contribution in [3.8, 4) is 0 Å². The van der Waals surface area contributed by atoms with E-state index in [1.165, 1.54) is 44.9 Å². The molecule has 0 aromatic carbocycles. The molecule has 0 N–H and O–H groups in total. The van der Waals surface area contributed by atoms with E-state index < -0.39 is 11.6 Å². The highest BCUT2D eigenvalue weighted by molar-refractivity contribution is 5.69. The number of allylic oxidation sites excluding steroid dienone is 1. The highest BCUT2D eigenvalue weighted by Crippen LogP contribution is 2.67. The van der Waals surface area contributed by atoms with E-state index >= 15 is 0 Å². The van der Waals surface area contributed by atoms with Gasteiger partial charge in [-0.1, -0.05) is 66.5 Å². The van der Waals surface area contributed by atoms with Crippen LogP contribution in [0.1, 0.15) is 157 Å².